The van der Waals surface area contributed by atoms with Crippen molar-refractivity contribution in [2.45, 2.75) is 6.92 Å². The number of aromatic nitrogens is 2. The van der Waals surface area contributed by atoms with Gasteiger partial charge in [0, 0.05) is 16.7 Å². The Morgan fingerprint density at radius 1 is 0.419 bits per heavy atom. The standard InChI is InChI=1S/C29H22N2/c1-21-12-14-25(15-13-21)28-20-27(24-10-6-3-7-11-24)30-29(31-28)26-18-16-23(17-19-26)22-8-4-2-5-9-22/h2-20H,1H3. The lowest BCUT2D eigenvalue weighted by Gasteiger charge is -2.10. The third-order valence-electron chi connectivity index (χ3n) is 5.39. The first-order chi connectivity index (χ1) is 15.3. The minimum absolute atomic E-state index is 0.733. The summed E-state index contributed by atoms with van der Waals surface area (Å²) in [5.41, 5.74) is 8.65. The summed E-state index contributed by atoms with van der Waals surface area (Å²) < 4.78 is 0. The molecule has 0 atom stereocenters. The fraction of sp³-hybridized carbons (Fsp3) is 0.0345. The lowest BCUT2D eigenvalue weighted by atomic mass is 10.0. The van der Waals surface area contributed by atoms with Crippen molar-refractivity contribution in [3.63, 3.8) is 0 Å². The van der Waals surface area contributed by atoms with Crippen LogP contribution < -0.4 is 0 Å². The monoisotopic (exact) mass is 398 g/mol. The largest absolute Gasteiger partial charge is 0.228 e. The Bertz CT molecular complexity index is 1290. The predicted molar refractivity (Wildman–Crippen MR) is 129 cm³/mol. The normalized spacial score (nSPS) is 10.7. The van der Waals surface area contributed by atoms with Gasteiger partial charge in [0.15, 0.2) is 5.82 Å². The first-order valence-corrected chi connectivity index (χ1v) is 10.4. The Morgan fingerprint density at radius 2 is 0.839 bits per heavy atom. The summed E-state index contributed by atoms with van der Waals surface area (Å²) in [4.78, 5) is 9.83. The summed E-state index contributed by atoms with van der Waals surface area (Å²) in [7, 11) is 0. The average molecular weight is 399 g/mol. The van der Waals surface area contributed by atoms with Gasteiger partial charge in [0.25, 0.3) is 0 Å². The second-order valence-corrected chi connectivity index (χ2v) is 7.64. The van der Waals surface area contributed by atoms with E-state index in [0.717, 1.165) is 33.9 Å². The van der Waals surface area contributed by atoms with Gasteiger partial charge in [-0.3, -0.25) is 0 Å². The molecule has 0 saturated heterocycles. The summed E-state index contributed by atoms with van der Waals surface area (Å²) in [6.45, 7) is 2.10. The molecule has 0 aliphatic heterocycles. The molecule has 0 aliphatic carbocycles. The van der Waals surface area contributed by atoms with E-state index in [2.05, 4.69) is 97.9 Å². The number of rotatable bonds is 4. The van der Waals surface area contributed by atoms with Crippen LogP contribution in [-0.2, 0) is 0 Å². The number of hydrogen-bond donors (Lipinski definition) is 0. The summed E-state index contributed by atoms with van der Waals surface area (Å²) in [5.74, 6) is 0.733. The van der Waals surface area contributed by atoms with Crippen LogP contribution in [0.4, 0.5) is 0 Å². The predicted octanol–water partition coefficient (Wildman–Crippen LogP) is 7.45. The van der Waals surface area contributed by atoms with Gasteiger partial charge >= 0.3 is 0 Å². The molecule has 0 N–H and O–H groups in total. The summed E-state index contributed by atoms with van der Waals surface area (Å²) in [6, 6.07) is 39.7. The van der Waals surface area contributed by atoms with Crippen LogP contribution in [0.25, 0.3) is 45.0 Å². The molecule has 0 radical (unpaired) electrons. The Hall–Kier alpha value is -4.04. The van der Waals surface area contributed by atoms with Gasteiger partial charge in [-0.25, -0.2) is 9.97 Å². The van der Waals surface area contributed by atoms with Gasteiger partial charge in [-0.2, -0.15) is 0 Å². The van der Waals surface area contributed by atoms with Crippen LogP contribution in [0.3, 0.4) is 0 Å². The van der Waals surface area contributed by atoms with E-state index in [9.17, 15) is 0 Å². The van der Waals surface area contributed by atoms with Gasteiger partial charge in [0.2, 0.25) is 0 Å². The third-order valence-corrected chi connectivity index (χ3v) is 5.39. The lowest BCUT2D eigenvalue weighted by molar-refractivity contribution is 1.18. The maximum atomic E-state index is 4.92. The molecule has 4 aromatic carbocycles. The van der Waals surface area contributed by atoms with Crippen molar-refractivity contribution in [1.29, 1.82) is 0 Å². The van der Waals surface area contributed by atoms with Gasteiger partial charge in [-0.1, -0.05) is 115 Å². The molecule has 0 aliphatic rings. The van der Waals surface area contributed by atoms with Crippen molar-refractivity contribution in [2.24, 2.45) is 0 Å². The van der Waals surface area contributed by atoms with E-state index in [4.69, 9.17) is 9.97 Å². The number of hydrogen-bond acceptors (Lipinski definition) is 2. The van der Waals surface area contributed by atoms with E-state index in [1.807, 2.05) is 24.3 Å². The highest BCUT2D eigenvalue weighted by atomic mass is 14.9. The topological polar surface area (TPSA) is 25.8 Å². The van der Waals surface area contributed by atoms with Crippen LogP contribution >= 0.6 is 0 Å². The van der Waals surface area contributed by atoms with E-state index in [1.54, 1.807) is 0 Å². The highest BCUT2D eigenvalue weighted by Crippen LogP contribution is 2.29. The van der Waals surface area contributed by atoms with Crippen LogP contribution in [0, 0.1) is 6.92 Å². The zero-order chi connectivity index (χ0) is 21.0. The van der Waals surface area contributed by atoms with E-state index in [0.29, 0.717) is 0 Å². The molecule has 5 rings (SSSR count). The first kappa shape index (κ1) is 19.0. The molecule has 2 nitrogen and oxygen atoms in total. The van der Waals surface area contributed by atoms with Gasteiger partial charge < -0.3 is 0 Å². The van der Waals surface area contributed by atoms with Crippen molar-refractivity contribution < 1.29 is 0 Å². The third kappa shape index (κ3) is 4.15. The smallest absolute Gasteiger partial charge is 0.160 e. The van der Waals surface area contributed by atoms with E-state index < -0.39 is 0 Å². The molecule has 148 valence electrons. The minimum atomic E-state index is 0.733. The quantitative estimate of drug-likeness (QED) is 0.314. The molecule has 0 amide bonds. The average Bonchev–Trinajstić information content (AvgIpc) is 2.85. The van der Waals surface area contributed by atoms with Gasteiger partial charge in [-0.05, 0) is 24.1 Å². The van der Waals surface area contributed by atoms with Crippen LogP contribution in [-0.4, -0.2) is 9.97 Å². The minimum Gasteiger partial charge on any atom is -0.228 e. The highest BCUT2D eigenvalue weighted by molar-refractivity contribution is 5.73. The first-order valence-electron chi connectivity index (χ1n) is 10.4. The Balaban J connectivity index is 1.60. The highest BCUT2D eigenvalue weighted by Gasteiger charge is 2.11. The Morgan fingerprint density at radius 3 is 1.42 bits per heavy atom. The molecule has 1 aromatic heterocycles. The molecule has 1 heterocycles. The van der Waals surface area contributed by atoms with Gasteiger partial charge in [0.1, 0.15) is 0 Å². The maximum absolute atomic E-state index is 4.92. The van der Waals surface area contributed by atoms with Crippen LogP contribution in [0.1, 0.15) is 5.56 Å². The fourth-order valence-corrected chi connectivity index (χ4v) is 3.65. The molecule has 2 heteroatoms. The summed E-state index contributed by atoms with van der Waals surface area (Å²) in [5, 5.41) is 0. The molecule has 0 unspecified atom stereocenters. The van der Waals surface area contributed by atoms with E-state index >= 15 is 0 Å². The Labute approximate surface area is 182 Å². The van der Waals surface area contributed by atoms with E-state index in [-0.39, 0.29) is 0 Å². The lowest BCUT2D eigenvalue weighted by Crippen LogP contribution is -1.96. The number of nitrogens with zero attached hydrogens (tertiary/aromatic N) is 2. The Kier molecular flexibility index (Phi) is 5.12. The van der Waals surface area contributed by atoms with Crippen molar-refractivity contribution in [1.82, 2.24) is 9.97 Å². The molecule has 0 saturated carbocycles. The molecule has 0 bridgehead atoms. The maximum Gasteiger partial charge on any atom is 0.160 e. The summed E-state index contributed by atoms with van der Waals surface area (Å²) >= 11 is 0. The number of benzene rings is 4. The zero-order valence-corrected chi connectivity index (χ0v) is 17.4. The molecule has 0 fully saturated rings. The van der Waals surface area contributed by atoms with Gasteiger partial charge in [-0.15, -0.1) is 0 Å². The molecular formula is C29H22N2. The fourth-order valence-electron chi connectivity index (χ4n) is 3.65. The SMILES string of the molecule is Cc1ccc(-c2cc(-c3ccccc3)nc(-c3ccc(-c4ccccc4)cc3)n2)cc1. The number of aryl methyl sites for hydroxylation is 1. The van der Waals surface area contributed by atoms with Crippen molar-refractivity contribution in [3.05, 3.63) is 121 Å². The molecule has 31 heavy (non-hydrogen) atoms. The van der Waals surface area contributed by atoms with Crippen LogP contribution in [0.15, 0.2) is 115 Å². The second kappa shape index (κ2) is 8.37. The van der Waals surface area contributed by atoms with E-state index in [1.165, 1.54) is 16.7 Å². The summed E-state index contributed by atoms with van der Waals surface area (Å²) in [6.07, 6.45) is 0. The van der Waals surface area contributed by atoms with Crippen LogP contribution in [0.2, 0.25) is 0 Å². The second-order valence-electron chi connectivity index (χ2n) is 7.64. The van der Waals surface area contributed by atoms with Crippen molar-refractivity contribution in [3.8, 4) is 45.0 Å². The zero-order valence-electron chi connectivity index (χ0n) is 17.4. The van der Waals surface area contributed by atoms with Crippen molar-refractivity contribution >= 4 is 0 Å². The molecule has 5 aromatic rings. The molecular weight excluding hydrogens is 376 g/mol. The van der Waals surface area contributed by atoms with Gasteiger partial charge in [0.05, 0.1) is 11.4 Å². The van der Waals surface area contributed by atoms with Crippen molar-refractivity contribution in [2.75, 3.05) is 0 Å². The van der Waals surface area contributed by atoms with Crippen LogP contribution in [0.5, 0.6) is 0 Å². The molecule has 0 spiro atoms.